The van der Waals surface area contributed by atoms with Crippen LogP contribution >= 0.6 is 0 Å². The highest BCUT2D eigenvalue weighted by atomic mass is 32.2. The minimum Gasteiger partial charge on any atom is -0.493 e. The molecule has 2 aromatic carbocycles. The molecule has 1 saturated heterocycles. The van der Waals surface area contributed by atoms with Crippen molar-refractivity contribution in [1.29, 1.82) is 0 Å². The molecular weight excluding hydrogens is 462 g/mol. The molecule has 2 N–H and O–H groups in total. The molecule has 1 aromatic heterocycles. The van der Waals surface area contributed by atoms with Gasteiger partial charge in [0.1, 0.15) is 0 Å². The zero-order valence-electron chi connectivity index (χ0n) is 19.0. The molecule has 4 rings (SSSR count). The van der Waals surface area contributed by atoms with Crippen LogP contribution in [0.25, 0.3) is 11.1 Å². The molecular formula is C23H27N3O7S. The molecule has 2 heterocycles. The van der Waals surface area contributed by atoms with Crippen LogP contribution in [-0.2, 0) is 21.2 Å². The summed E-state index contributed by atoms with van der Waals surface area (Å²) < 4.78 is 43.2. The number of methoxy groups -OCH3 is 2. The average molecular weight is 490 g/mol. The first kappa shape index (κ1) is 23.8. The molecule has 1 fully saturated rings. The van der Waals surface area contributed by atoms with Crippen molar-refractivity contribution in [2.24, 2.45) is 5.92 Å². The zero-order chi connectivity index (χ0) is 24.3. The zero-order valence-corrected chi connectivity index (χ0v) is 19.8. The van der Waals surface area contributed by atoms with Gasteiger partial charge >= 0.3 is 5.76 Å². The van der Waals surface area contributed by atoms with E-state index < -0.39 is 21.7 Å². The molecule has 1 amide bonds. The summed E-state index contributed by atoms with van der Waals surface area (Å²) in [6, 6.07) is 9.84. The Morgan fingerprint density at radius 3 is 2.74 bits per heavy atom. The topological polar surface area (TPSA) is 131 Å². The van der Waals surface area contributed by atoms with Gasteiger partial charge in [-0.05, 0) is 49.1 Å². The van der Waals surface area contributed by atoms with E-state index >= 15 is 0 Å². The van der Waals surface area contributed by atoms with Crippen LogP contribution in [0.3, 0.4) is 0 Å². The number of oxazole rings is 1. The minimum atomic E-state index is -3.84. The lowest BCUT2D eigenvalue weighted by Crippen LogP contribution is -2.45. The van der Waals surface area contributed by atoms with Gasteiger partial charge in [-0.15, -0.1) is 0 Å². The smallest absolute Gasteiger partial charge is 0.417 e. The lowest BCUT2D eigenvalue weighted by Gasteiger charge is -2.31. The predicted octanol–water partition coefficient (Wildman–Crippen LogP) is 1.90. The van der Waals surface area contributed by atoms with Gasteiger partial charge in [0.05, 0.1) is 30.5 Å². The number of H-pyrrole nitrogens is 1. The fourth-order valence-electron chi connectivity index (χ4n) is 4.12. The standard InChI is InChI=1S/C23H27N3O7S/c1-31-19-8-5-15(12-21(19)32-2)9-10-24-22(27)16-4-3-11-26(14-16)34(29,30)17-6-7-18-20(13-17)33-23(28)25-18/h5-8,12-13,16H,3-4,9-11,14H2,1-2H3,(H,24,27)(H,25,28)/t16-/m0/s1. The number of nitrogens with one attached hydrogen (secondary N) is 2. The van der Waals surface area contributed by atoms with Crippen molar-refractivity contribution in [2.45, 2.75) is 24.2 Å². The second-order valence-corrected chi connectivity index (χ2v) is 10.0. The number of carbonyl (C=O) groups is 1. The van der Waals surface area contributed by atoms with Gasteiger partial charge in [-0.3, -0.25) is 9.78 Å². The Kier molecular flexibility index (Phi) is 6.94. The van der Waals surface area contributed by atoms with E-state index in [1.165, 1.54) is 22.5 Å². The predicted molar refractivity (Wildman–Crippen MR) is 125 cm³/mol. The number of ether oxygens (including phenoxy) is 2. The number of aromatic amines is 1. The van der Waals surface area contributed by atoms with Crippen LogP contribution in [0.4, 0.5) is 0 Å². The van der Waals surface area contributed by atoms with Crippen molar-refractivity contribution in [2.75, 3.05) is 33.9 Å². The molecule has 1 aliphatic rings. The van der Waals surface area contributed by atoms with Crippen LogP contribution in [0.1, 0.15) is 18.4 Å². The molecule has 0 radical (unpaired) electrons. The van der Waals surface area contributed by atoms with Gasteiger partial charge in [0, 0.05) is 25.7 Å². The number of amides is 1. The van der Waals surface area contributed by atoms with Crippen molar-refractivity contribution in [1.82, 2.24) is 14.6 Å². The molecule has 182 valence electrons. The highest BCUT2D eigenvalue weighted by Gasteiger charge is 2.33. The molecule has 0 unspecified atom stereocenters. The summed E-state index contributed by atoms with van der Waals surface area (Å²) in [6.45, 7) is 0.841. The quantitative estimate of drug-likeness (QED) is 0.494. The lowest BCUT2D eigenvalue weighted by molar-refractivity contribution is -0.126. The van der Waals surface area contributed by atoms with Crippen LogP contribution in [-0.4, -0.2) is 57.5 Å². The van der Waals surface area contributed by atoms with Crippen LogP contribution in [0.5, 0.6) is 11.5 Å². The number of sulfonamides is 1. The van der Waals surface area contributed by atoms with E-state index in [-0.39, 0.29) is 22.9 Å². The van der Waals surface area contributed by atoms with E-state index in [0.717, 1.165) is 5.56 Å². The summed E-state index contributed by atoms with van der Waals surface area (Å²) in [5.41, 5.74) is 1.58. The maximum absolute atomic E-state index is 13.2. The Hall–Kier alpha value is -3.31. The number of benzene rings is 2. The van der Waals surface area contributed by atoms with E-state index in [0.29, 0.717) is 49.4 Å². The molecule has 3 aromatic rings. The van der Waals surface area contributed by atoms with Gasteiger partial charge in [-0.1, -0.05) is 6.07 Å². The van der Waals surface area contributed by atoms with Crippen LogP contribution in [0, 0.1) is 5.92 Å². The van der Waals surface area contributed by atoms with Crippen LogP contribution in [0.2, 0.25) is 0 Å². The summed E-state index contributed by atoms with van der Waals surface area (Å²) in [5, 5.41) is 2.92. The van der Waals surface area contributed by atoms with Gasteiger partial charge in [-0.25, -0.2) is 13.2 Å². The average Bonchev–Trinajstić information content (AvgIpc) is 3.23. The molecule has 0 spiro atoms. The summed E-state index contributed by atoms with van der Waals surface area (Å²) in [7, 11) is -0.698. The second kappa shape index (κ2) is 9.90. The Morgan fingerprint density at radius 1 is 1.18 bits per heavy atom. The summed E-state index contributed by atoms with van der Waals surface area (Å²) in [5.74, 6) is -0.00389. The third-order valence-electron chi connectivity index (χ3n) is 5.95. The van der Waals surface area contributed by atoms with E-state index in [4.69, 9.17) is 13.9 Å². The first-order valence-corrected chi connectivity index (χ1v) is 12.4. The fraction of sp³-hybridized carbons (Fsp3) is 0.391. The van der Waals surface area contributed by atoms with Gasteiger partial charge in [0.15, 0.2) is 17.1 Å². The van der Waals surface area contributed by atoms with E-state index in [2.05, 4.69) is 10.3 Å². The molecule has 0 bridgehead atoms. The number of nitrogens with zero attached hydrogens (tertiary/aromatic N) is 1. The molecule has 11 heteroatoms. The monoisotopic (exact) mass is 489 g/mol. The maximum atomic E-state index is 13.2. The van der Waals surface area contributed by atoms with Crippen LogP contribution in [0.15, 0.2) is 50.5 Å². The Morgan fingerprint density at radius 2 is 1.97 bits per heavy atom. The SMILES string of the molecule is COc1ccc(CCNC(=O)[C@H]2CCCN(S(=O)(=O)c3ccc4[nH]c(=O)oc4c3)C2)cc1OC. The number of carbonyl (C=O) groups excluding carboxylic acids is 1. The number of rotatable bonds is 8. The van der Waals surface area contributed by atoms with E-state index in [1.807, 2.05) is 18.2 Å². The highest BCUT2D eigenvalue weighted by Crippen LogP contribution is 2.28. The van der Waals surface area contributed by atoms with Gasteiger partial charge in [0.25, 0.3) is 0 Å². The van der Waals surface area contributed by atoms with Crippen molar-refractivity contribution in [3.05, 3.63) is 52.5 Å². The fourth-order valence-corrected chi connectivity index (χ4v) is 5.66. The molecule has 1 aliphatic heterocycles. The Bertz CT molecular complexity index is 1350. The van der Waals surface area contributed by atoms with E-state index in [9.17, 15) is 18.0 Å². The molecule has 0 aliphatic carbocycles. The van der Waals surface area contributed by atoms with E-state index in [1.54, 1.807) is 14.2 Å². The van der Waals surface area contributed by atoms with Crippen molar-refractivity contribution in [3.8, 4) is 11.5 Å². The molecule has 34 heavy (non-hydrogen) atoms. The van der Waals surface area contributed by atoms with Gasteiger partial charge in [0.2, 0.25) is 15.9 Å². The Balaban J connectivity index is 1.37. The van der Waals surface area contributed by atoms with Gasteiger partial charge < -0.3 is 19.2 Å². The third-order valence-corrected chi connectivity index (χ3v) is 7.81. The Labute approximate surface area is 196 Å². The molecule has 1 atom stereocenters. The third kappa shape index (κ3) is 4.95. The number of hydrogen-bond donors (Lipinski definition) is 2. The number of fused-ring (bicyclic) bond motifs is 1. The first-order chi connectivity index (χ1) is 16.3. The summed E-state index contributed by atoms with van der Waals surface area (Å²) in [4.78, 5) is 26.6. The minimum absolute atomic E-state index is 0.0252. The van der Waals surface area contributed by atoms with Crippen molar-refractivity contribution < 1.29 is 27.1 Å². The normalized spacial score (nSPS) is 16.9. The number of aromatic nitrogens is 1. The first-order valence-electron chi connectivity index (χ1n) is 10.9. The van der Waals surface area contributed by atoms with Gasteiger partial charge in [-0.2, -0.15) is 4.31 Å². The van der Waals surface area contributed by atoms with Crippen molar-refractivity contribution >= 4 is 27.0 Å². The van der Waals surface area contributed by atoms with Crippen molar-refractivity contribution in [3.63, 3.8) is 0 Å². The largest absolute Gasteiger partial charge is 0.493 e. The number of hydrogen-bond acceptors (Lipinski definition) is 7. The molecule has 10 nitrogen and oxygen atoms in total. The molecule has 0 saturated carbocycles. The van der Waals surface area contributed by atoms with Crippen LogP contribution < -0.4 is 20.5 Å². The maximum Gasteiger partial charge on any atom is 0.417 e. The summed E-state index contributed by atoms with van der Waals surface area (Å²) >= 11 is 0. The second-order valence-electron chi connectivity index (χ2n) is 8.11. The number of piperidine rings is 1. The summed E-state index contributed by atoms with van der Waals surface area (Å²) in [6.07, 6.45) is 1.79. The highest BCUT2D eigenvalue weighted by molar-refractivity contribution is 7.89. The lowest BCUT2D eigenvalue weighted by atomic mass is 9.99.